The van der Waals surface area contributed by atoms with Gasteiger partial charge in [0.15, 0.2) is 0 Å². The molecule has 2 fully saturated rings. The molecule has 25 heavy (non-hydrogen) atoms. The van der Waals surface area contributed by atoms with Gasteiger partial charge in [-0.25, -0.2) is 0 Å². The Morgan fingerprint density at radius 1 is 1.28 bits per heavy atom. The summed E-state index contributed by atoms with van der Waals surface area (Å²) in [6.45, 7) is 1.80. The zero-order valence-corrected chi connectivity index (χ0v) is 15.9. The van der Waals surface area contributed by atoms with E-state index >= 15 is 0 Å². The lowest BCUT2D eigenvalue weighted by Crippen LogP contribution is -2.47. The third-order valence-electron chi connectivity index (χ3n) is 5.46. The molecule has 2 aliphatic heterocycles. The van der Waals surface area contributed by atoms with Crippen molar-refractivity contribution in [2.45, 2.75) is 49.9 Å². The van der Waals surface area contributed by atoms with Crippen LogP contribution in [-0.2, 0) is 0 Å². The van der Waals surface area contributed by atoms with Crippen LogP contribution in [0.25, 0.3) is 11.3 Å². The molecule has 2 unspecified atom stereocenters. The van der Waals surface area contributed by atoms with Crippen molar-refractivity contribution in [3.63, 3.8) is 0 Å². The van der Waals surface area contributed by atoms with Crippen molar-refractivity contribution in [1.29, 1.82) is 0 Å². The number of piperidine rings is 1. The lowest BCUT2D eigenvalue weighted by atomic mass is 9.99. The number of rotatable bonds is 3. The fourth-order valence-corrected chi connectivity index (χ4v) is 5.30. The van der Waals surface area contributed by atoms with E-state index in [0.717, 1.165) is 31.2 Å². The number of aromatic nitrogens is 1. The van der Waals surface area contributed by atoms with Crippen LogP contribution in [0.2, 0.25) is 5.02 Å². The van der Waals surface area contributed by atoms with E-state index in [1.165, 1.54) is 0 Å². The Labute approximate surface area is 156 Å². The fourth-order valence-electron chi connectivity index (χ4n) is 4.24. The van der Waals surface area contributed by atoms with Crippen molar-refractivity contribution in [2.75, 3.05) is 6.26 Å². The van der Waals surface area contributed by atoms with Gasteiger partial charge in [0.25, 0.3) is 5.91 Å². The molecule has 1 amide bonds. The average molecular weight is 377 g/mol. The van der Waals surface area contributed by atoms with E-state index < -0.39 is 0 Å². The predicted molar refractivity (Wildman–Crippen MR) is 101 cm³/mol. The van der Waals surface area contributed by atoms with Gasteiger partial charge < -0.3 is 9.42 Å². The molecule has 2 atom stereocenters. The van der Waals surface area contributed by atoms with Gasteiger partial charge >= 0.3 is 0 Å². The summed E-state index contributed by atoms with van der Waals surface area (Å²) in [6.07, 6.45) is 6.52. The van der Waals surface area contributed by atoms with Gasteiger partial charge in [-0.2, -0.15) is 11.8 Å². The van der Waals surface area contributed by atoms with Crippen molar-refractivity contribution in [1.82, 2.24) is 10.1 Å². The maximum absolute atomic E-state index is 13.4. The standard InChI is InChI=1S/C19H21ClN2O2S/c1-11-17(18(21-24-11)15-5-3-4-6-16(15)20)19(23)22-12-7-8-13(22)10-14(9-12)25-2/h3-6,12-14H,7-10H2,1-2H3. The number of carbonyl (C=O) groups is 1. The van der Waals surface area contributed by atoms with Gasteiger partial charge in [-0.15, -0.1) is 0 Å². The normalized spacial score (nSPS) is 25.4. The Bertz CT molecular complexity index is 792. The minimum atomic E-state index is 0.0423. The predicted octanol–water partition coefficient (Wildman–Crippen LogP) is 4.80. The van der Waals surface area contributed by atoms with Crippen LogP contribution in [0, 0.1) is 6.92 Å². The first-order valence-corrected chi connectivity index (χ1v) is 10.3. The van der Waals surface area contributed by atoms with Gasteiger partial charge in [0.2, 0.25) is 0 Å². The Morgan fingerprint density at radius 2 is 1.96 bits per heavy atom. The molecule has 6 heteroatoms. The zero-order valence-electron chi connectivity index (χ0n) is 14.4. The number of aryl methyl sites for hydroxylation is 1. The quantitative estimate of drug-likeness (QED) is 0.771. The molecule has 0 N–H and O–H groups in total. The molecule has 0 spiro atoms. The van der Waals surface area contributed by atoms with Crippen molar-refractivity contribution in [3.8, 4) is 11.3 Å². The number of fused-ring (bicyclic) bond motifs is 2. The van der Waals surface area contributed by atoms with Crippen molar-refractivity contribution in [3.05, 3.63) is 40.6 Å². The molecule has 132 valence electrons. The minimum Gasteiger partial charge on any atom is -0.360 e. The molecule has 2 saturated heterocycles. The van der Waals surface area contributed by atoms with Gasteiger partial charge in [0.05, 0.1) is 5.02 Å². The number of thioether (sulfide) groups is 1. The van der Waals surface area contributed by atoms with Crippen LogP contribution < -0.4 is 0 Å². The van der Waals surface area contributed by atoms with Gasteiger partial charge in [0.1, 0.15) is 17.0 Å². The molecule has 0 aliphatic carbocycles. The van der Waals surface area contributed by atoms with Crippen LogP contribution >= 0.6 is 23.4 Å². The second kappa shape index (κ2) is 6.69. The molecule has 0 saturated carbocycles. The maximum Gasteiger partial charge on any atom is 0.260 e. The molecule has 4 rings (SSSR count). The first kappa shape index (κ1) is 17.0. The summed E-state index contributed by atoms with van der Waals surface area (Å²) in [4.78, 5) is 15.5. The Morgan fingerprint density at radius 3 is 2.60 bits per heavy atom. The van der Waals surface area contributed by atoms with Crippen molar-refractivity contribution < 1.29 is 9.32 Å². The number of benzene rings is 1. The molecule has 0 radical (unpaired) electrons. The largest absolute Gasteiger partial charge is 0.360 e. The number of amides is 1. The summed E-state index contributed by atoms with van der Waals surface area (Å²) in [5.74, 6) is 0.604. The van der Waals surface area contributed by atoms with Crippen LogP contribution in [0.15, 0.2) is 28.8 Å². The van der Waals surface area contributed by atoms with Crippen LogP contribution in [0.4, 0.5) is 0 Å². The van der Waals surface area contributed by atoms with E-state index in [-0.39, 0.29) is 5.91 Å². The highest BCUT2D eigenvalue weighted by atomic mass is 35.5. The van der Waals surface area contributed by atoms with Crippen molar-refractivity contribution >= 4 is 29.3 Å². The summed E-state index contributed by atoms with van der Waals surface area (Å²) < 4.78 is 5.39. The molecule has 3 heterocycles. The van der Waals surface area contributed by atoms with Gasteiger partial charge in [-0.05, 0) is 44.9 Å². The minimum absolute atomic E-state index is 0.0423. The average Bonchev–Trinajstić information content (AvgIpc) is 3.12. The number of carbonyl (C=O) groups excluding carboxylic acids is 1. The van der Waals surface area contributed by atoms with Gasteiger partial charge in [-0.3, -0.25) is 4.79 Å². The molecular weight excluding hydrogens is 356 g/mol. The molecule has 2 aromatic rings. The van der Waals surface area contributed by atoms with Gasteiger partial charge in [-0.1, -0.05) is 35.0 Å². The molecule has 1 aromatic carbocycles. The molecule has 2 bridgehead atoms. The molecule has 2 aliphatic rings. The molecule has 1 aromatic heterocycles. The highest BCUT2D eigenvalue weighted by Crippen LogP contribution is 2.42. The van der Waals surface area contributed by atoms with Crippen molar-refractivity contribution in [2.24, 2.45) is 0 Å². The number of hydrogen-bond donors (Lipinski definition) is 0. The summed E-state index contributed by atoms with van der Waals surface area (Å²) in [7, 11) is 0. The van der Waals surface area contributed by atoms with Crippen LogP contribution in [0.5, 0.6) is 0 Å². The second-order valence-electron chi connectivity index (χ2n) is 6.87. The number of halogens is 1. The maximum atomic E-state index is 13.4. The third kappa shape index (κ3) is 2.87. The van der Waals surface area contributed by atoms with E-state index in [1.807, 2.05) is 36.0 Å². The van der Waals surface area contributed by atoms with E-state index in [2.05, 4.69) is 16.3 Å². The van der Waals surface area contributed by atoms with E-state index in [4.69, 9.17) is 16.1 Å². The topological polar surface area (TPSA) is 46.3 Å². The third-order valence-corrected chi connectivity index (χ3v) is 6.84. The van der Waals surface area contributed by atoms with E-state index in [1.54, 1.807) is 6.92 Å². The monoisotopic (exact) mass is 376 g/mol. The highest BCUT2D eigenvalue weighted by Gasteiger charge is 2.44. The Hall–Kier alpha value is -1.46. The highest BCUT2D eigenvalue weighted by molar-refractivity contribution is 7.99. The lowest BCUT2D eigenvalue weighted by molar-refractivity contribution is 0.0600. The summed E-state index contributed by atoms with van der Waals surface area (Å²) in [5, 5.41) is 5.39. The van der Waals surface area contributed by atoms with Gasteiger partial charge in [0, 0.05) is 22.9 Å². The van der Waals surface area contributed by atoms with E-state index in [9.17, 15) is 4.79 Å². The Kier molecular flexibility index (Phi) is 4.54. The zero-order chi connectivity index (χ0) is 17.6. The second-order valence-corrected chi connectivity index (χ2v) is 8.41. The van der Waals surface area contributed by atoms with Crippen LogP contribution in [-0.4, -0.2) is 39.6 Å². The first-order valence-electron chi connectivity index (χ1n) is 8.66. The van der Waals surface area contributed by atoms with E-state index in [0.29, 0.717) is 39.4 Å². The van der Waals surface area contributed by atoms with Crippen LogP contribution in [0.3, 0.4) is 0 Å². The first-order chi connectivity index (χ1) is 12.1. The summed E-state index contributed by atoms with van der Waals surface area (Å²) >= 11 is 8.25. The summed E-state index contributed by atoms with van der Waals surface area (Å²) in [5.41, 5.74) is 1.86. The molecular formula is C19H21ClN2O2S. The SMILES string of the molecule is CSC1CC2CCC(C1)N2C(=O)c1c(-c2ccccc2Cl)noc1C. The number of hydrogen-bond acceptors (Lipinski definition) is 4. The molecule has 4 nitrogen and oxygen atoms in total. The fraction of sp³-hybridized carbons (Fsp3) is 0.474. The lowest BCUT2D eigenvalue weighted by Gasteiger charge is -2.38. The Balaban J connectivity index is 1.71. The van der Waals surface area contributed by atoms with Crippen LogP contribution in [0.1, 0.15) is 41.8 Å². The number of nitrogens with zero attached hydrogens (tertiary/aromatic N) is 2. The smallest absolute Gasteiger partial charge is 0.260 e. The summed E-state index contributed by atoms with van der Waals surface area (Å²) in [6, 6.07) is 8.11.